The number of aromatic nitrogens is 2. The molecule has 0 N–H and O–H groups in total. The van der Waals surface area contributed by atoms with Gasteiger partial charge in [-0.05, 0) is 68.2 Å². The Kier molecular flexibility index (Phi) is 4.64. The summed E-state index contributed by atoms with van der Waals surface area (Å²) in [4.78, 5) is 19.4. The van der Waals surface area contributed by atoms with Gasteiger partial charge in [-0.2, -0.15) is 0 Å². The second-order valence-electron chi connectivity index (χ2n) is 8.89. The molecule has 2 aromatic heterocycles. The molecule has 0 saturated carbocycles. The third-order valence-corrected chi connectivity index (χ3v) is 7.06. The van der Waals surface area contributed by atoms with Gasteiger partial charge >= 0.3 is 0 Å². The summed E-state index contributed by atoms with van der Waals surface area (Å²) in [6.07, 6.45) is 10.1. The fourth-order valence-corrected chi connectivity index (χ4v) is 5.50. The summed E-state index contributed by atoms with van der Waals surface area (Å²) in [5.74, 6) is 0.905. The zero-order valence-electron chi connectivity index (χ0n) is 17.8. The van der Waals surface area contributed by atoms with Gasteiger partial charge in [-0.3, -0.25) is 4.79 Å². The molecule has 1 saturated heterocycles. The predicted octanol–water partition coefficient (Wildman–Crippen LogP) is 5.45. The molecule has 0 spiro atoms. The van der Waals surface area contributed by atoms with Crippen molar-refractivity contribution in [2.24, 2.45) is 0 Å². The molecule has 158 valence electrons. The van der Waals surface area contributed by atoms with Crippen LogP contribution in [0.25, 0.3) is 33.3 Å². The van der Waals surface area contributed by atoms with E-state index in [1.807, 2.05) is 6.07 Å². The van der Waals surface area contributed by atoms with Crippen LogP contribution in [0.15, 0.2) is 47.2 Å². The van der Waals surface area contributed by atoms with E-state index < -0.39 is 0 Å². The van der Waals surface area contributed by atoms with E-state index in [4.69, 9.17) is 4.42 Å². The van der Waals surface area contributed by atoms with Gasteiger partial charge in [0.1, 0.15) is 6.26 Å². The van der Waals surface area contributed by atoms with E-state index in [2.05, 4.69) is 38.7 Å². The summed E-state index contributed by atoms with van der Waals surface area (Å²) in [5, 5.41) is 2.44. The molecule has 5 heteroatoms. The molecule has 1 aliphatic heterocycles. The van der Waals surface area contributed by atoms with Crippen LogP contribution in [0.2, 0.25) is 0 Å². The Hall–Kier alpha value is -2.92. The van der Waals surface area contributed by atoms with E-state index >= 15 is 0 Å². The molecule has 0 bridgehead atoms. The smallest absolute Gasteiger partial charge is 0.225 e. The van der Waals surface area contributed by atoms with Gasteiger partial charge in [-0.25, -0.2) is 4.98 Å². The highest BCUT2D eigenvalue weighted by Gasteiger charge is 2.25. The van der Waals surface area contributed by atoms with Crippen LogP contribution in [0.3, 0.4) is 0 Å². The van der Waals surface area contributed by atoms with E-state index in [-0.39, 0.29) is 5.78 Å². The van der Waals surface area contributed by atoms with Crippen molar-refractivity contribution in [2.45, 2.75) is 45.1 Å². The molecular formula is C26H27N3O2. The molecule has 6 rings (SSSR count). The average Bonchev–Trinajstić information content (AvgIpc) is 3.47. The quantitative estimate of drug-likeness (QED) is 0.446. The maximum Gasteiger partial charge on any atom is 0.225 e. The molecule has 1 fully saturated rings. The number of fused-ring (bicyclic) bond motifs is 5. The minimum atomic E-state index is 0.270. The van der Waals surface area contributed by atoms with Gasteiger partial charge in [-0.15, -0.1) is 0 Å². The summed E-state index contributed by atoms with van der Waals surface area (Å²) in [7, 11) is 0. The first-order valence-electron chi connectivity index (χ1n) is 11.5. The summed E-state index contributed by atoms with van der Waals surface area (Å²) in [5.41, 5.74) is 5.56. The van der Waals surface area contributed by atoms with Crippen LogP contribution in [0.4, 0.5) is 0 Å². The maximum atomic E-state index is 12.4. The molecule has 3 heterocycles. The third kappa shape index (κ3) is 3.19. The van der Waals surface area contributed by atoms with Crippen LogP contribution in [0, 0.1) is 0 Å². The molecule has 0 amide bonds. The van der Waals surface area contributed by atoms with Crippen LogP contribution in [-0.2, 0) is 13.0 Å². The van der Waals surface area contributed by atoms with Gasteiger partial charge in [0.15, 0.2) is 5.78 Å². The Morgan fingerprint density at radius 2 is 1.77 bits per heavy atom. The lowest BCUT2D eigenvalue weighted by Crippen LogP contribution is -2.28. The Morgan fingerprint density at radius 1 is 0.935 bits per heavy atom. The SMILES string of the molecule is O=C1CCc2c1ccc1c2c2cc(-c3ncco3)ccc2n1CCN1CCCCCC1. The number of rotatable bonds is 4. The Balaban J connectivity index is 1.49. The van der Waals surface area contributed by atoms with Gasteiger partial charge in [0.2, 0.25) is 5.89 Å². The average molecular weight is 414 g/mol. The maximum absolute atomic E-state index is 12.4. The highest BCUT2D eigenvalue weighted by atomic mass is 16.3. The first-order chi connectivity index (χ1) is 15.3. The van der Waals surface area contributed by atoms with E-state index in [9.17, 15) is 4.79 Å². The number of carbonyl (C=O) groups is 1. The highest BCUT2D eigenvalue weighted by Crippen LogP contribution is 2.38. The van der Waals surface area contributed by atoms with Gasteiger partial charge in [0, 0.05) is 52.4 Å². The number of aryl methyl sites for hydroxylation is 1. The minimum absolute atomic E-state index is 0.270. The standard InChI is InChI=1S/C26H27N3O2/c30-24-10-7-20-19(24)6-9-23-25(20)21-17-18(26-27-11-16-31-26)5-8-22(21)29(23)15-14-28-12-3-1-2-4-13-28/h5-6,8-9,11,16-17H,1-4,7,10,12-15H2. The van der Waals surface area contributed by atoms with Gasteiger partial charge in [0.25, 0.3) is 0 Å². The van der Waals surface area contributed by atoms with Crippen molar-refractivity contribution in [1.82, 2.24) is 14.5 Å². The molecule has 1 aliphatic carbocycles. The fourth-order valence-electron chi connectivity index (χ4n) is 5.50. The van der Waals surface area contributed by atoms with Crippen molar-refractivity contribution >= 4 is 27.6 Å². The number of ketones is 1. The second kappa shape index (κ2) is 7.65. The van der Waals surface area contributed by atoms with E-state index in [0.29, 0.717) is 12.3 Å². The highest BCUT2D eigenvalue weighted by molar-refractivity contribution is 6.15. The molecule has 0 unspecified atom stereocenters. The van der Waals surface area contributed by atoms with Crippen LogP contribution >= 0.6 is 0 Å². The molecule has 0 radical (unpaired) electrons. The normalized spacial score (nSPS) is 17.5. The summed E-state index contributed by atoms with van der Waals surface area (Å²) < 4.78 is 8.01. The Bertz CT molecular complexity index is 1260. The van der Waals surface area contributed by atoms with Crippen molar-refractivity contribution < 1.29 is 9.21 Å². The van der Waals surface area contributed by atoms with Crippen LogP contribution < -0.4 is 0 Å². The van der Waals surface area contributed by atoms with Crippen LogP contribution in [0.5, 0.6) is 0 Å². The topological polar surface area (TPSA) is 51.3 Å². The van der Waals surface area contributed by atoms with Crippen molar-refractivity contribution in [3.05, 3.63) is 53.9 Å². The number of Topliss-reactive ketones (excluding diaryl/α,β-unsaturated/α-hetero) is 1. The van der Waals surface area contributed by atoms with Crippen LogP contribution in [-0.4, -0.2) is 39.9 Å². The summed E-state index contributed by atoms with van der Waals surface area (Å²) >= 11 is 0. The summed E-state index contributed by atoms with van der Waals surface area (Å²) in [6, 6.07) is 10.7. The summed E-state index contributed by atoms with van der Waals surface area (Å²) in [6.45, 7) is 4.44. The van der Waals surface area contributed by atoms with Crippen molar-refractivity contribution in [2.75, 3.05) is 19.6 Å². The number of nitrogens with zero attached hydrogens (tertiary/aromatic N) is 3. The molecule has 31 heavy (non-hydrogen) atoms. The number of oxazole rings is 1. The first-order valence-corrected chi connectivity index (χ1v) is 11.5. The first kappa shape index (κ1) is 18.8. The molecule has 2 aromatic carbocycles. The van der Waals surface area contributed by atoms with Gasteiger partial charge < -0.3 is 13.9 Å². The van der Waals surface area contributed by atoms with E-state index in [1.165, 1.54) is 66.1 Å². The van der Waals surface area contributed by atoms with Crippen molar-refractivity contribution in [1.29, 1.82) is 0 Å². The second-order valence-corrected chi connectivity index (χ2v) is 8.89. The lowest BCUT2D eigenvalue weighted by molar-refractivity contribution is 0.0994. The lowest BCUT2D eigenvalue weighted by Gasteiger charge is -2.20. The lowest BCUT2D eigenvalue weighted by atomic mass is 10.0. The van der Waals surface area contributed by atoms with E-state index in [0.717, 1.165) is 30.6 Å². The van der Waals surface area contributed by atoms with E-state index in [1.54, 1.807) is 12.5 Å². The molecule has 4 aromatic rings. The van der Waals surface area contributed by atoms with Gasteiger partial charge in [0.05, 0.1) is 6.20 Å². The monoisotopic (exact) mass is 413 g/mol. The zero-order valence-corrected chi connectivity index (χ0v) is 17.8. The molecule has 5 nitrogen and oxygen atoms in total. The molecule has 2 aliphatic rings. The minimum Gasteiger partial charge on any atom is -0.445 e. The Morgan fingerprint density at radius 3 is 2.58 bits per heavy atom. The van der Waals surface area contributed by atoms with Gasteiger partial charge in [-0.1, -0.05) is 12.8 Å². The zero-order chi connectivity index (χ0) is 20.8. The molecular weight excluding hydrogens is 386 g/mol. The largest absolute Gasteiger partial charge is 0.445 e. The number of hydrogen-bond donors (Lipinski definition) is 0. The number of hydrogen-bond acceptors (Lipinski definition) is 4. The number of benzene rings is 2. The fraction of sp³-hybridized carbons (Fsp3) is 0.385. The van der Waals surface area contributed by atoms with Crippen molar-refractivity contribution in [3.63, 3.8) is 0 Å². The number of carbonyl (C=O) groups excluding carboxylic acids is 1. The van der Waals surface area contributed by atoms with Crippen molar-refractivity contribution in [3.8, 4) is 11.5 Å². The van der Waals surface area contributed by atoms with Crippen LogP contribution in [0.1, 0.15) is 48.0 Å². The molecule has 0 atom stereocenters. The predicted molar refractivity (Wildman–Crippen MR) is 123 cm³/mol. The number of likely N-dealkylation sites (tertiary alicyclic amines) is 1. The Labute approximate surface area is 181 Å². The third-order valence-electron chi connectivity index (χ3n) is 7.06.